The second kappa shape index (κ2) is 6.60. The Labute approximate surface area is 159 Å². The highest BCUT2D eigenvalue weighted by Gasteiger charge is 2.30. The van der Waals surface area contributed by atoms with E-state index in [4.69, 9.17) is 0 Å². The van der Waals surface area contributed by atoms with E-state index in [0.717, 1.165) is 53.5 Å². The second-order valence-electron chi connectivity index (χ2n) is 7.07. The van der Waals surface area contributed by atoms with Crippen LogP contribution in [0.25, 0.3) is 10.9 Å². The van der Waals surface area contributed by atoms with Gasteiger partial charge in [-0.15, -0.1) is 0 Å². The number of benzene rings is 1. The molecule has 2 aliphatic rings. The number of hydrogen-bond acceptors (Lipinski definition) is 6. The van der Waals surface area contributed by atoms with Gasteiger partial charge in [-0.3, -0.25) is 4.79 Å². The van der Waals surface area contributed by atoms with Gasteiger partial charge >= 0.3 is 0 Å². The molecule has 1 aromatic carbocycles. The number of hydrogen-bond donors (Lipinski definition) is 0. The smallest absolute Gasteiger partial charge is 0.267 e. The summed E-state index contributed by atoms with van der Waals surface area (Å²) in [5, 5.41) is 5.44. The van der Waals surface area contributed by atoms with Gasteiger partial charge in [-0.2, -0.15) is 16.9 Å². The van der Waals surface area contributed by atoms with E-state index < -0.39 is 0 Å². The van der Waals surface area contributed by atoms with Crippen molar-refractivity contribution in [2.75, 3.05) is 23.7 Å². The largest absolute Gasteiger partial charge is 0.355 e. The lowest BCUT2D eigenvalue weighted by molar-refractivity contribution is 0.331. The predicted octanol–water partition coefficient (Wildman–Crippen LogP) is 2.25. The highest BCUT2D eigenvalue weighted by Crippen LogP contribution is 2.29. The third-order valence-electron chi connectivity index (χ3n) is 5.17. The molecule has 5 rings (SSSR count). The molecule has 0 amide bonds. The molecule has 0 spiro atoms. The number of fused-ring (bicyclic) bond motifs is 2. The molecule has 0 aliphatic carbocycles. The van der Waals surface area contributed by atoms with Gasteiger partial charge in [0.25, 0.3) is 5.56 Å². The van der Waals surface area contributed by atoms with E-state index in [1.54, 1.807) is 16.8 Å². The Morgan fingerprint density at radius 3 is 3.00 bits per heavy atom. The van der Waals surface area contributed by atoms with E-state index in [-0.39, 0.29) is 11.4 Å². The summed E-state index contributed by atoms with van der Waals surface area (Å²) >= 11 is 1.85. The van der Waals surface area contributed by atoms with Gasteiger partial charge in [-0.1, -0.05) is 0 Å². The van der Waals surface area contributed by atoms with Crippen molar-refractivity contribution < 1.29 is 4.39 Å². The van der Waals surface area contributed by atoms with Crippen LogP contribution in [0, 0.1) is 11.7 Å². The van der Waals surface area contributed by atoms with Crippen LogP contribution in [0.5, 0.6) is 0 Å². The summed E-state index contributed by atoms with van der Waals surface area (Å²) in [5.41, 5.74) is 2.74. The number of halogens is 1. The summed E-state index contributed by atoms with van der Waals surface area (Å²) in [6.45, 7) is 2.21. The van der Waals surface area contributed by atoms with E-state index in [2.05, 4.69) is 20.0 Å². The Balaban J connectivity index is 1.33. The Morgan fingerprint density at radius 1 is 1.22 bits per heavy atom. The molecule has 0 atom stereocenters. The van der Waals surface area contributed by atoms with Crippen molar-refractivity contribution in [2.24, 2.45) is 5.92 Å². The lowest BCUT2D eigenvalue weighted by Gasteiger charge is -2.40. The number of aryl methyl sites for hydroxylation is 1. The molecule has 0 radical (unpaired) electrons. The van der Waals surface area contributed by atoms with Gasteiger partial charge in [0, 0.05) is 48.7 Å². The molecule has 0 saturated carbocycles. The fraction of sp³-hybridized carbons (Fsp3) is 0.368. The molecule has 4 heterocycles. The number of nitrogens with zero attached hydrogens (tertiary/aromatic N) is 5. The Morgan fingerprint density at radius 2 is 2.11 bits per heavy atom. The first-order chi connectivity index (χ1) is 13.2. The van der Waals surface area contributed by atoms with E-state index >= 15 is 0 Å². The molecular formula is C19H18FN5OS. The van der Waals surface area contributed by atoms with Gasteiger partial charge in [0.05, 0.1) is 17.8 Å². The summed E-state index contributed by atoms with van der Waals surface area (Å²) in [6, 6.07) is 6.33. The Kier molecular flexibility index (Phi) is 4.07. The quantitative estimate of drug-likeness (QED) is 0.691. The molecule has 138 valence electrons. The molecule has 0 N–H and O–H groups in total. The maximum atomic E-state index is 13.4. The van der Waals surface area contributed by atoms with Gasteiger partial charge in [-0.05, 0) is 23.4 Å². The summed E-state index contributed by atoms with van der Waals surface area (Å²) in [4.78, 5) is 23.0. The maximum Gasteiger partial charge on any atom is 0.267 e. The van der Waals surface area contributed by atoms with Crippen LogP contribution in [0.1, 0.15) is 11.3 Å². The van der Waals surface area contributed by atoms with Crippen molar-refractivity contribution in [1.82, 2.24) is 19.7 Å². The van der Waals surface area contributed by atoms with Crippen molar-refractivity contribution in [3.63, 3.8) is 0 Å². The topological polar surface area (TPSA) is 63.9 Å². The molecule has 6 nitrogen and oxygen atoms in total. The average Bonchev–Trinajstić information content (AvgIpc) is 2.64. The van der Waals surface area contributed by atoms with Gasteiger partial charge in [0.15, 0.2) is 0 Å². The number of rotatable bonds is 3. The van der Waals surface area contributed by atoms with Crippen LogP contribution < -0.4 is 10.5 Å². The lowest BCUT2D eigenvalue weighted by atomic mass is 9.99. The molecule has 0 bridgehead atoms. The van der Waals surface area contributed by atoms with Crippen molar-refractivity contribution >= 4 is 28.5 Å². The van der Waals surface area contributed by atoms with E-state index in [9.17, 15) is 9.18 Å². The predicted molar refractivity (Wildman–Crippen MR) is 104 cm³/mol. The first-order valence-electron chi connectivity index (χ1n) is 9.00. The Hall–Kier alpha value is -2.48. The van der Waals surface area contributed by atoms with Crippen LogP contribution in [0.4, 0.5) is 10.2 Å². The summed E-state index contributed by atoms with van der Waals surface area (Å²) < 4.78 is 15.0. The standard InChI is InChI=1S/C19H18FN5OS/c20-14-1-2-15-17(6-14)21-11-22-19(15)24-7-12(8-24)9-25-18(26)5-13-10-27-4-3-16(13)23-25/h1-2,5-6,11-12H,3-4,7-10H2. The first kappa shape index (κ1) is 16.7. The summed E-state index contributed by atoms with van der Waals surface area (Å²) in [5.74, 6) is 2.81. The van der Waals surface area contributed by atoms with Crippen molar-refractivity contribution in [3.05, 3.63) is 58.0 Å². The summed E-state index contributed by atoms with van der Waals surface area (Å²) in [6.07, 6.45) is 2.40. The number of thioether (sulfide) groups is 1. The fourth-order valence-electron chi connectivity index (χ4n) is 3.75. The third-order valence-corrected chi connectivity index (χ3v) is 6.18. The van der Waals surface area contributed by atoms with Crippen LogP contribution >= 0.6 is 11.8 Å². The molecule has 1 saturated heterocycles. The molecule has 27 heavy (non-hydrogen) atoms. The normalized spacial score (nSPS) is 17.0. The first-order valence-corrected chi connectivity index (χ1v) is 10.2. The highest BCUT2D eigenvalue weighted by atomic mass is 32.2. The van der Waals surface area contributed by atoms with Crippen molar-refractivity contribution in [1.29, 1.82) is 0 Å². The van der Waals surface area contributed by atoms with Crippen LogP contribution in [0.3, 0.4) is 0 Å². The van der Waals surface area contributed by atoms with Gasteiger partial charge in [0.2, 0.25) is 0 Å². The zero-order chi connectivity index (χ0) is 18.4. The summed E-state index contributed by atoms with van der Waals surface area (Å²) in [7, 11) is 0. The average molecular weight is 383 g/mol. The minimum atomic E-state index is -0.301. The second-order valence-corrected chi connectivity index (χ2v) is 8.17. The molecule has 0 unspecified atom stereocenters. The van der Waals surface area contributed by atoms with Gasteiger partial charge in [0.1, 0.15) is 18.0 Å². The lowest BCUT2D eigenvalue weighted by Crippen LogP contribution is -2.50. The molecule has 3 aromatic rings. The van der Waals surface area contributed by atoms with E-state index in [1.165, 1.54) is 18.5 Å². The van der Waals surface area contributed by atoms with Crippen molar-refractivity contribution in [2.45, 2.75) is 18.7 Å². The maximum absolute atomic E-state index is 13.4. The van der Waals surface area contributed by atoms with Crippen LogP contribution in [0.15, 0.2) is 35.4 Å². The minimum absolute atomic E-state index is 0.0161. The monoisotopic (exact) mass is 383 g/mol. The minimum Gasteiger partial charge on any atom is -0.355 e. The van der Waals surface area contributed by atoms with Gasteiger partial charge in [-0.25, -0.2) is 19.0 Å². The highest BCUT2D eigenvalue weighted by molar-refractivity contribution is 7.98. The number of aromatic nitrogens is 4. The zero-order valence-corrected chi connectivity index (χ0v) is 15.5. The van der Waals surface area contributed by atoms with Crippen LogP contribution in [-0.2, 0) is 18.7 Å². The number of anilines is 1. The zero-order valence-electron chi connectivity index (χ0n) is 14.6. The van der Waals surface area contributed by atoms with Gasteiger partial charge < -0.3 is 4.90 Å². The fourth-order valence-corrected chi connectivity index (χ4v) is 4.71. The van der Waals surface area contributed by atoms with E-state index in [0.29, 0.717) is 18.0 Å². The van der Waals surface area contributed by atoms with Crippen LogP contribution in [-0.4, -0.2) is 38.6 Å². The molecule has 1 fully saturated rings. The Bertz CT molecular complexity index is 1080. The molecule has 8 heteroatoms. The SMILES string of the molecule is O=c1cc2c(nn1CC1CN(c3ncnc4cc(F)ccc34)C1)CCSC2. The van der Waals surface area contributed by atoms with Crippen molar-refractivity contribution in [3.8, 4) is 0 Å². The van der Waals surface area contributed by atoms with E-state index in [1.807, 2.05) is 11.8 Å². The van der Waals surface area contributed by atoms with Crippen LogP contribution in [0.2, 0.25) is 0 Å². The molecule has 2 aliphatic heterocycles. The molecular weight excluding hydrogens is 365 g/mol. The molecule has 2 aromatic heterocycles. The third kappa shape index (κ3) is 3.07.